The SMILES string of the molecule is Cn1c(=O)cc(N2CCN(C(=O)Cn3nnc4ccccc43)CC2)[nH]c1=O. The zero-order valence-electron chi connectivity index (χ0n) is 14.8. The third kappa shape index (κ3) is 3.21. The molecule has 0 radical (unpaired) electrons. The van der Waals surface area contributed by atoms with Crippen molar-refractivity contribution in [3.05, 3.63) is 51.2 Å². The number of carbonyl (C=O) groups is 1. The molecule has 1 saturated heterocycles. The summed E-state index contributed by atoms with van der Waals surface area (Å²) in [7, 11) is 1.43. The third-order valence-electron chi connectivity index (χ3n) is 4.81. The van der Waals surface area contributed by atoms with E-state index in [0.717, 1.165) is 15.6 Å². The van der Waals surface area contributed by atoms with Crippen LogP contribution in [0.3, 0.4) is 0 Å². The summed E-state index contributed by atoms with van der Waals surface area (Å²) >= 11 is 0. The molecule has 3 aromatic rings. The van der Waals surface area contributed by atoms with Crippen molar-refractivity contribution in [1.82, 2.24) is 29.4 Å². The van der Waals surface area contributed by atoms with Gasteiger partial charge in [-0.3, -0.25) is 19.1 Å². The average molecular weight is 369 g/mol. The fraction of sp³-hybridized carbons (Fsp3) is 0.353. The van der Waals surface area contributed by atoms with Gasteiger partial charge in [-0.25, -0.2) is 9.48 Å². The minimum Gasteiger partial charge on any atom is -0.354 e. The van der Waals surface area contributed by atoms with Crippen LogP contribution in [-0.4, -0.2) is 61.5 Å². The van der Waals surface area contributed by atoms with Crippen molar-refractivity contribution in [2.24, 2.45) is 7.05 Å². The molecule has 27 heavy (non-hydrogen) atoms. The van der Waals surface area contributed by atoms with Crippen LogP contribution in [-0.2, 0) is 18.4 Å². The number of hydrogen-bond acceptors (Lipinski definition) is 6. The van der Waals surface area contributed by atoms with Crippen LogP contribution in [0.4, 0.5) is 5.82 Å². The quantitative estimate of drug-likeness (QED) is 0.645. The predicted molar refractivity (Wildman–Crippen MR) is 98.6 cm³/mol. The molecule has 2 aromatic heterocycles. The second-order valence-corrected chi connectivity index (χ2v) is 6.46. The number of carbonyl (C=O) groups excluding carboxylic acids is 1. The van der Waals surface area contributed by atoms with Crippen LogP contribution in [0, 0.1) is 0 Å². The number of nitrogens with one attached hydrogen (secondary N) is 1. The molecule has 0 aliphatic carbocycles. The topological polar surface area (TPSA) is 109 Å². The van der Waals surface area contributed by atoms with Crippen LogP contribution in [0.15, 0.2) is 39.9 Å². The minimum absolute atomic E-state index is 0.0391. The summed E-state index contributed by atoms with van der Waals surface area (Å²) < 4.78 is 2.62. The molecule has 1 fully saturated rings. The zero-order chi connectivity index (χ0) is 19.0. The number of para-hydroxylation sites is 1. The van der Waals surface area contributed by atoms with Crippen molar-refractivity contribution in [1.29, 1.82) is 0 Å². The van der Waals surface area contributed by atoms with E-state index in [-0.39, 0.29) is 18.0 Å². The van der Waals surface area contributed by atoms with Gasteiger partial charge < -0.3 is 9.80 Å². The molecule has 1 aliphatic rings. The number of rotatable bonds is 3. The molecule has 1 N–H and O–H groups in total. The molecule has 1 aromatic carbocycles. The molecule has 10 heteroatoms. The zero-order valence-corrected chi connectivity index (χ0v) is 14.8. The van der Waals surface area contributed by atoms with Gasteiger partial charge in [0.2, 0.25) is 5.91 Å². The van der Waals surface area contributed by atoms with Crippen LogP contribution in [0.25, 0.3) is 11.0 Å². The maximum absolute atomic E-state index is 12.6. The maximum Gasteiger partial charge on any atom is 0.329 e. The van der Waals surface area contributed by atoms with Crippen LogP contribution < -0.4 is 16.1 Å². The Bertz CT molecular complexity index is 1070. The summed E-state index contributed by atoms with van der Waals surface area (Å²) in [6.07, 6.45) is 0. The van der Waals surface area contributed by atoms with Gasteiger partial charge >= 0.3 is 5.69 Å². The van der Waals surface area contributed by atoms with E-state index in [9.17, 15) is 14.4 Å². The van der Waals surface area contributed by atoms with Gasteiger partial charge in [-0.15, -0.1) is 5.10 Å². The highest BCUT2D eigenvalue weighted by Gasteiger charge is 2.23. The lowest BCUT2D eigenvalue weighted by atomic mass is 10.3. The second kappa shape index (κ2) is 6.71. The molecular weight excluding hydrogens is 350 g/mol. The van der Waals surface area contributed by atoms with E-state index in [1.807, 2.05) is 29.2 Å². The van der Waals surface area contributed by atoms with Crippen molar-refractivity contribution < 1.29 is 4.79 Å². The molecule has 10 nitrogen and oxygen atoms in total. The van der Waals surface area contributed by atoms with E-state index in [1.165, 1.54) is 13.1 Å². The van der Waals surface area contributed by atoms with Gasteiger partial charge in [0, 0.05) is 39.3 Å². The van der Waals surface area contributed by atoms with Gasteiger partial charge in [0.05, 0.1) is 5.52 Å². The summed E-state index contributed by atoms with van der Waals surface area (Å²) in [5.74, 6) is 0.445. The average Bonchev–Trinajstić information content (AvgIpc) is 3.09. The number of aromatic nitrogens is 5. The first-order valence-corrected chi connectivity index (χ1v) is 8.64. The van der Waals surface area contributed by atoms with E-state index in [2.05, 4.69) is 15.3 Å². The molecule has 0 saturated carbocycles. The first-order chi connectivity index (χ1) is 13.0. The number of hydrogen-bond donors (Lipinski definition) is 1. The first kappa shape index (κ1) is 17.0. The minimum atomic E-state index is -0.450. The number of fused-ring (bicyclic) bond motifs is 1. The van der Waals surface area contributed by atoms with Gasteiger partial charge in [0.1, 0.15) is 17.9 Å². The molecule has 0 bridgehead atoms. The summed E-state index contributed by atoms with van der Waals surface area (Å²) in [5, 5.41) is 8.11. The van der Waals surface area contributed by atoms with Gasteiger partial charge in [0.25, 0.3) is 5.56 Å². The van der Waals surface area contributed by atoms with Crippen molar-refractivity contribution in [3.8, 4) is 0 Å². The van der Waals surface area contributed by atoms with Crippen LogP contribution in [0.2, 0.25) is 0 Å². The molecule has 4 rings (SSSR count). The highest BCUT2D eigenvalue weighted by molar-refractivity contribution is 5.80. The molecule has 0 spiro atoms. The number of nitrogens with zero attached hydrogens (tertiary/aromatic N) is 6. The third-order valence-corrected chi connectivity index (χ3v) is 4.81. The van der Waals surface area contributed by atoms with Crippen molar-refractivity contribution >= 4 is 22.8 Å². The monoisotopic (exact) mass is 369 g/mol. The van der Waals surface area contributed by atoms with E-state index < -0.39 is 5.69 Å². The van der Waals surface area contributed by atoms with Crippen LogP contribution >= 0.6 is 0 Å². The molecule has 1 amide bonds. The summed E-state index contributed by atoms with van der Waals surface area (Å²) in [4.78, 5) is 42.5. The standard InChI is InChI=1S/C17H19N7O3/c1-21-15(25)10-14(18-17(21)27)22-6-8-23(9-7-22)16(26)11-24-13-5-3-2-4-12(13)19-20-24/h2-5,10H,6-9,11H2,1H3,(H,18,27). The van der Waals surface area contributed by atoms with Gasteiger partial charge in [-0.2, -0.15) is 0 Å². The van der Waals surface area contributed by atoms with Crippen LogP contribution in [0.1, 0.15) is 0 Å². The highest BCUT2D eigenvalue weighted by atomic mass is 16.2. The molecule has 0 atom stereocenters. The van der Waals surface area contributed by atoms with Gasteiger partial charge in [-0.05, 0) is 12.1 Å². The number of anilines is 1. The van der Waals surface area contributed by atoms with E-state index in [1.54, 1.807) is 9.58 Å². The molecule has 140 valence electrons. The summed E-state index contributed by atoms with van der Waals surface area (Å²) in [5.41, 5.74) is 0.770. The Hall–Kier alpha value is -3.43. The number of H-pyrrole nitrogens is 1. The van der Waals surface area contributed by atoms with E-state index >= 15 is 0 Å². The Balaban J connectivity index is 1.42. The van der Waals surface area contributed by atoms with E-state index in [0.29, 0.717) is 32.0 Å². The van der Waals surface area contributed by atoms with Crippen LogP contribution in [0.5, 0.6) is 0 Å². The number of piperazine rings is 1. The maximum atomic E-state index is 12.6. The molecule has 3 heterocycles. The fourth-order valence-corrected chi connectivity index (χ4v) is 3.17. The Labute approximate surface area is 153 Å². The summed E-state index contributed by atoms with van der Waals surface area (Å²) in [6, 6.07) is 8.90. The number of benzene rings is 1. The smallest absolute Gasteiger partial charge is 0.329 e. The molecule has 0 unspecified atom stereocenters. The van der Waals surface area contributed by atoms with E-state index in [4.69, 9.17) is 0 Å². The predicted octanol–water partition coefficient (Wildman–Crippen LogP) is -0.833. The lowest BCUT2D eigenvalue weighted by molar-refractivity contribution is -0.132. The fourth-order valence-electron chi connectivity index (χ4n) is 3.17. The summed E-state index contributed by atoms with van der Waals surface area (Å²) in [6.45, 7) is 2.20. The largest absolute Gasteiger partial charge is 0.354 e. The lowest BCUT2D eigenvalue weighted by Crippen LogP contribution is -2.50. The lowest BCUT2D eigenvalue weighted by Gasteiger charge is -2.35. The van der Waals surface area contributed by atoms with Crippen molar-refractivity contribution in [3.63, 3.8) is 0 Å². The Morgan fingerprint density at radius 1 is 1.15 bits per heavy atom. The highest BCUT2D eigenvalue weighted by Crippen LogP contribution is 2.13. The number of aromatic amines is 1. The van der Waals surface area contributed by atoms with Crippen molar-refractivity contribution in [2.45, 2.75) is 6.54 Å². The molecular formula is C17H19N7O3. The van der Waals surface area contributed by atoms with Gasteiger partial charge in [0.15, 0.2) is 0 Å². The van der Waals surface area contributed by atoms with Crippen molar-refractivity contribution in [2.75, 3.05) is 31.1 Å². The second-order valence-electron chi connectivity index (χ2n) is 6.46. The number of amides is 1. The Morgan fingerprint density at radius 2 is 1.89 bits per heavy atom. The molecule has 1 aliphatic heterocycles. The van der Waals surface area contributed by atoms with Gasteiger partial charge in [-0.1, -0.05) is 17.3 Å². The Kier molecular flexibility index (Phi) is 4.22. The Morgan fingerprint density at radius 3 is 2.63 bits per heavy atom. The normalized spacial score (nSPS) is 14.7. The first-order valence-electron chi connectivity index (χ1n) is 8.64.